The largest absolute Gasteiger partial charge is 1.00 e. The molecule has 5 atom stereocenters. The molecular formula is C27H28BrF3N2O2. The number of benzene rings is 2. The number of aromatic nitrogens is 1. The van der Waals surface area contributed by atoms with E-state index in [1.54, 1.807) is 19.4 Å². The zero-order valence-corrected chi connectivity index (χ0v) is 21.0. The number of hydrogen-bond acceptors (Lipinski definition) is 3. The number of nitrogens with zero attached hydrogens (tertiary/aromatic N) is 2. The summed E-state index contributed by atoms with van der Waals surface area (Å²) in [5.41, 5.74) is 1.32. The smallest absolute Gasteiger partial charge is 0.137 e. The molecule has 4 heterocycles. The SMILES string of the molecule is C=C[C@H]1C[N+]2(Cc3c(F)cc(F)cc3F)CC[C@H]1C[C@H]2[C@H](O)c1ccnc2ccc(OC)cc12.[Br-]. The molecule has 1 unspecified atom stereocenters. The lowest BCUT2D eigenvalue weighted by Gasteiger charge is -2.58. The highest BCUT2D eigenvalue weighted by Gasteiger charge is 2.54. The highest BCUT2D eigenvalue weighted by Crippen LogP contribution is 2.48. The maximum Gasteiger partial charge on any atom is 0.137 e. The molecule has 0 radical (unpaired) electrons. The summed E-state index contributed by atoms with van der Waals surface area (Å²) < 4.78 is 48.7. The first-order chi connectivity index (χ1) is 16.3. The van der Waals surface area contributed by atoms with Crippen LogP contribution >= 0.6 is 0 Å². The molecule has 1 N–H and O–H groups in total. The molecule has 35 heavy (non-hydrogen) atoms. The van der Waals surface area contributed by atoms with Crippen LogP contribution in [0.2, 0.25) is 0 Å². The zero-order valence-electron chi connectivity index (χ0n) is 19.4. The van der Waals surface area contributed by atoms with E-state index in [1.807, 2.05) is 24.3 Å². The van der Waals surface area contributed by atoms with Crippen molar-refractivity contribution < 1.29 is 44.5 Å². The average molecular weight is 549 g/mol. The molecule has 8 heteroatoms. The van der Waals surface area contributed by atoms with Crippen LogP contribution in [0.15, 0.2) is 55.3 Å². The number of methoxy groups -OCH3 is 1. The molecule has 3 aromatic rings. The molecule has 0 spiro atoms. The van der Waals surface area contributed by atoms with E-state index in [1.165, 1.54) is 0 Å². The fourth-order valence-electron chi connectivity index (χ4n) is 6.16. The van der Waals surface area contributed by atoms with Crippen LogP contribution in [0.25, 0.3) is 10.9 Å². The van der Waals surface area contributed by atoms with Gasteiger partial charge in [0.2, 0.25) is 0 Å². The summed E-state index contributed by atoms with van der Waals surface area (Å²) >= 11 is 0. The van der Waals surface area contributed by atoms with Crippen LogP contribution in [-0.4, -0.2) is 40.8 Å². The molecule has 4 nitrogen and oxygen atoms in total. The van der Waals surface area contributed by atoms with E-state index >= 15 is 0 Å². The highest BCUT2D eigenvalue weighted by atomic mass is 79.9. The van der Waals surface area contributed by atoms with Gasteiger partial charge >= 0.3 is 0 Å². The number of halogens is 4. The summed E-state index contributed by atoms with van der Waals surface area (Å²) in [5.74, 6) is -1.51. The molecule has 3 aliphatic heterocycles. The van der Waals surface area contributed by atoms with Gasteiger partial charge in [-0.1, -0.05) is 6.08 Å². The van der Waals surface area contributed by atoms with Crippen molar-refractivity contribution in [1.29, 1.82) is 0 Å². The molecule has 3 saturated heterocycles. The predicted molar refractivity (Wildman–Crippen MR) is 123 cm³/mol. The van der Waals surface area contributed by atoms with E-state index in [4.69, 9.17) is 4.74 Å². The van der Waals surface area contributed by atoms with Crippen LogP contribution in [0.1, 0.15) is 30.1 Å². The Bertz CT molecular complexity index is 1230. The molecule has 0 amide bonds. The predicted octanol–water partition coefficient (Wildman–Crippen LogP) is 2.31. The zero-order chi connectivity index (χ0) is 24.0. The highest BCUT2D eigenvalue weighted by molar-refractivity contribution is 5.83. The normalized spacial score (nSPS) is 26.3. The lowest BCUT2D eigenvalue weighted by molar-refractivity contribution is -0.985. The summed E-state index contributed by atoms with van der Waals surface area (Å²) in [6, 6.07) is 8.50. The minimum Gasteiger partial charge on any atom is -1.00 e. The summed E-state index contributed by atoms with van der Waals surface area (Å²) in [6.45, 7) is 5.33. The third-order valence-electron chi connectivity index (χ3n) is 7.92. The molecule has 3 aliphatic rings. The Morgan fingerprint density at radius 2 is 1.94 bits per heavy atom. The van der Waals surface area contributed by atoms with Gasteiger partial charge in [0.25, 0.3) is 0 Å². The lowest BCUT2D eigenvalue weighted by atomic mass is 9.71. The minimum atomic E-state index is -0.936. The molecule has 186 valence electrons. The van der Waals surface area contributed by atoms with Crippen molar-refractivity contribution in [3.05, 3.63) is 83.8 Å². The Morgan fingerprint density at radius 1 is 1.20 bits per heavy atom. The lowest BCUT2D eigenvalue weighted by Crippen LogP contribution is -3.00. The topological polar surface area (TPSA) is 42.4 Å². The number of hydrogen-bond donors (Lipinski definition) is 1. The van der Waals surface area contributed by atoms with Crippen LogP contribution in [-0.2, 0) is 6.54 Å². The molecule has 3 fully saturated rings. The van der Waals surface area contributed by atoms with Gasteiger partial charge in [0.1, 0.15) is 41.9 Å². The standard InChI is InChI=1S/C27H28F3N2O2.BrH/c1-3-16-14-32(15-22-23(29)11-18(28)12-24(22)30)9-7-17(16)10-26(32)27(33)20-6-8-31-25-5-4-19(34-2)13-21(20)25;/h3-6,8,11-13,16-17,26-27,33H,1,7,9-10,14-15H2,2H3;1H/q+1;/p-1/t16-,17-,26-,27+,32?;/m0./s1. The number of rotatable bonds is 6. The molecular weight excluding hydrogens is 521 g/mol. The second kappa shape index (κ2) is 9.91. The van der Waals surface area contributed by atoms with Crippen LogP contribution in [0, 0.1) is 29.3 Å². The van der Waals surface area contributed by atoms with Crippen molar-refractivity contribution in [2.75, 3.05) is 20.2 Å². The van der Waals surface area contributed by atoms with E-state index in [0.717, 1.165) is 29.5 Å². The van der Waals surface area contributed by atoms with Gasteiger partial charge < -0.3 is 31.3 Å². The number of pyridine rings is 1. The third kappa shape index (κ3) is 4.47. The molecule has 2 aromatic carbocycles. The van der Waals surface area contributed by atoms with Crippen LogP contribution in [0.3, 0.4) is 0 Å². The Hall–Kier alpha value is -2.42. The van der Waals surface area contributed by atoms with Crippen molar-refractivity contribution in [2.45, 2.75) is 31.5 Å². The number of aliphatic hydroxyl groups is 1. The second-order valence-electron chi connectivity index (χ2n) is 9.61. The molecule has 6 rings (SSSR count). The Balaban J connectivity index is 0.00000289. The van der Waals surface area contributed by atoms with E-state index in [0.29, 0.717) is 41.2 Å². The number of aliphatic hydroxyl groups excluding tert-OH is 1. The third-order valence-corrected chi connectivity index (χ3v) is 7.92. The van der Waals surface area contributed by atoms with E-state index in [2.05, 4.69) is 11.6 Å². The van der Waals surface area contributed by atoms with Crippen molar-refractivity contribution in [2.24, 2.45) is 11.8 Å². The second-order valence-corrected chi connectivity index (χ2v) is 9.61. The first kappa shape index (κ1) is 25.7. The maximum atomic E-state index is 14.7. The quantitative estimate of drug-likeness (QED) is 0.379. The van der Waals surface area contributed by atoms with Crippen molar-refractivity contribution in [3.63, 3.8) is 0 Å². The Labute approximate surface area is 213 Å². The van der Waals surface area contributed by atoms with Gasteiger partial charge in [-0.25, -0.2) is 13.2 Å². The summed E-state index contributed by atoms with van der Waals surface area (Å²) in [7, 11) is 1.58. The minimum absolute atomic E-state index is 0. The number of piperidine rings is 3. The van der Waals surface area contributed by atoms with Gasteiger partial charge in [-0.2, -0.15) is 0 Å². The number of ether oxygens (including phenoxy) is 1. The average Bonchev–Trinajstić information content (AvgIpc) is 2.85. The van der Waals surface area contributed by atoms with Crippen molar-refractivity contribution in [1.82, 2.24) is 4.98 Å². The van der Waals surface area contributed by atoms with E-state index in [9.17, 15) is 18.3 Å². The molecule has 0 aliphatic carbocycles. The number of quaternary nitrogens is 1. The number of fused-ring (bicyclic) bond motifs is 4. The van der Waals surface area contributed by atoms with Crippen molar-refractivity contribution in [3.8, 4) is 5.75 Å². The van der Waals surface area contributed by atoms with Gasteiger partial charge in [-0.3, -0.25) is 4.98 Å². The Morgan fingerprint density at radius 3 is 2.63 bits per heavy atom. The summed E-state index contributed by atoms with van der Waals surface area (Å²) in [5, 5.41) is 12.5. The first-order valence-electron chi connectivity index (χ1n) is 11.6. The monoisotopic (exact) mass is 548 g/mol. The fourth-order valence-corrected chi connectivity index (χ4v) is 6.16. The van der Waals surface area contributed by atoms with Gasteiger partial charge in [0.05, 0.1) is 31.3 Å². The molecule has 1 aromatic heterocycles. The van der Waals surface area contributed by atoms with Gasteiger partial charge in [0, 0.05) is 42.5 Å². The first-order valence-corrected chi connectivity index (χ1v) is 11.6. The van der Waals surface area contributed by atoms with E-state index < -0.39 is 23.6 Å². The fraction of sp³-hybridized carbons (Fsp3) is 0.370. The van der Waals surface area contributed by atoms with Crippen molar-refractivity contribution >= 4 is 10.9 Å². The molecule has 0 saturated carbocycles. The maximum absolute atomic E-state index is 14.7. The van der Waals surface area contributed by atoms with Crippen LogP contribution in [0.5, 0.6) is 5.75 Å². The summed E-state index contributed by atoms with van der Waals surface area (Å²) in [6.07, 6.45) is 4.30. The van der Waals surface area contributed by atoms with Crippen LogP contribution < -0.4 is 21.7 Å². The van der Waals surface area contributed by atoms with Gasteiger partial charge in [0.15, 0.2) is 0 Å². The molecule has 2 bridgehead atoms. The summed E-state index contributed by atoms with van der Waals surface area (Å²) in [4.78, 5) is 4.41. The van der Waals surface area contributed by atoms with Crippen LogP contribution in [0.4, 0.5) is 13.2 Å². The van der Waals surface area contributed by atoms with E-state index in [-0.39, 0.29) is 41.0 Å². The van der Waals surface area contributed by atoms with Gasteiger partial charge in [-0.05, 0) is 35.7 Å². The van der Waals surface area contributed by atoms with Gasteiger partial charge in [-0.15, -0.1) is 6.58 Å². The Kier molecular flexibility index (Phi) is 7.27.